The molecule has 2 nitrogen and oxygen atoms in total. The maximum atomic E-state index is 9.76. The van der Waals surface area contributed by atoms with Gasteiger partial charge in [-0.25, -0.2) is 0 Å². The molecule has 1 rings (SSSR count). The van der Waals surface area contributed by atoms with Gasteiger partial charge >= 0.3 is 0 Å². The predicted molar refractivity (Wildman–Crippen MR) is 57.1 cm³/mol. The number of aryl methyl sites for hydroxylation is 1. The van der Waals surface area contributed by atoms with E-state index >= 15 is 0 Å². The van der Waals surface area contributed by atoms with Crippen LogP contribution in [0.25, 0.3) is 0 Å². The fraction of sp³-hybridized carbons (Fsp3) is 0.500. The van der Waals surface area contributed by atoms with Crippen molar-refractivity contribution >= 4 is 0 Å². The Kier molecular flexibility index (Phi) is 4.11. The van der Waals surface area contributed by atoms with Crippen LogP contribution in [0.1, 0.15) is 37.0 Å². The van der Waals surface area contributed by atoms with E-state index in [9.17, 15) is 10.2 Å². The average Bonchev–Trinajstić information content (AvgIpc) is 2.18. The molecule has 14 heavy (non-hydrogen) atoms. The summed E-state index contributed by atoms with van der Waals surface area (Å²) in [5.74, 6) is 0. The highest BCUT2D eigenvalue weighted by Crippen LogP contribution is 2.19. The highest BCUT2D eigenvalue weighted by atomic mass is 16.3. The van der Waals surface area contributed by atoms with Crippen molar-refractivity contribution < 1.29 is 10.2 Å². The minimum atomic E-state index is -0.754. The molecule has 0 heterocycles. The summed E-state index contributed by atoms with van der Waals surface area (Å²) in [5.41, 5.74) is 1.95. The second kappa shape index (κ2) is 5.13. The van der Waals surface area contributed by atoms with Crippen LogP contribution in [0.15, 0.2) is 24.3 Å². The molecule has 0 fully saturated rings. The molecule has 0 aromatic heterocycles. The van der Waals surface area contributed by atoms with Crippen LogP contribution in [0, 0.1) is 6.92 Å². The molecule has 0 amide bonds. The second-order valence-electron chi connectivity index (χ2n) is 3.71. The minimum absolute atomic E-state index is 0.634. The van der Waals surface area contributed by atoms with Crippen molar-refractivity contribution in [2.45, 2.75) is 38.9 Å². The lowest BCUT2D eigenvalue weighted by Crippen LogP contribution is -2.17. The monoisotopic (exact) mass is 194 g/mol. The first-order chi connectivity index (χ1) is 6.65. The van der Waals surface area contributed by atoms with Crippen LogP contribution in [0.5, 0.6) is 0 Å². The Morgan fingerprint density at radius 3 is 2.21 bits per heavy atom. The molecule has 0 aliphatic heterocycles. The summed E-state index contributed by atoms with van der Waals surface area (Å²) in [7, 11) is 0. The van der Waals surface area contributed by atoms with Gasteiger partial charge in [0.05, 0.1) is 6.10 Å². The number of benzene rings is 1. The fourth-order valence-electron chi connectivity index (χ4n) is 1.44. The van der Waals surface area contributed by atoms with Crippen molar-refractivity contribution in [3.63, 3.8) is 0 Å². The van der Waals surface area contributed by atoms with Crippen LogP contribution >= 0.6 is 0 Å². The summed E-state index contributed by atoms with van der Waals surface area (Å²) in [6.07, 6.45) is 0.109. The van der Waals surface area contributed by atoms with E-state index < -0.39 is 12.2 Å². The lowest BCUT2D eigenvalue weighted by atomic mass is 10.0. The first-order valence-electron chi connectivity index (χ1n) is 5.08. The summed E-state index contributed by atoms with van der Waals surface area (Å²) in [6, 6.07) is 7.60. The van der Waals surface area contributed by atoms with Gasteiger partial charge in [-0.2, -0.15) is 0 Å². The highest BCUT2D eigenvalue weighted by Gasteiger charge is 2.16. The van der Waals surface area contributed by atoms with Crippen molar-refractivity contribution in [2.75, 3.05) is 0 Å². The molecule has 0 radical (unpaired) electrons. The Hall–Kier alpha value is -0.860. The summed E-state index contributed by atoms with van der Waals surface area (Å²) in [5, 5.41) is 19.4. The molecular formula is C12H18O2. The Labute approximate surface area is 85.2 Å². The Morgan fingerprint density at radius 1 is 1.14 bits per heavy atom. The second-order valence-corrected chi connectivity index (χ2v) is 3.71. The van der Waals surface area contributed by atoms with Crippen LogP contribution in [-0.4, -0.2) is 16.3 Å². The third-order valence-corrected chi connectivity index (χ3v) is 2.37. The molecule has 0 saturated carbocycles. The maximum absolute atomic E-state index is 9.76. The quantitative estimate of drug-likeness (QED) is 0.771. The van der Waals surface area contributed by atoms with E-state index in [1.807, 2.05) is 38.1 Å². The molecule has 78 valence electrons. The molecule has 0 saturated heterocycles. The van der Waals surface area contributed by atoms with Gasteiger partial charge in [-0.1, -0.05) is 43.2 Å². The molecule has 1 aromatic rings. The summed E-state index contributed by atoms with van der Waals surface area (Å²) < 4.78 is 0. The predicted octanol–water partition coefficient (Wildman–Crippen LogP) is 2.19. The van der Waals surface area contributed by atoms with E-state index in [-0.39, 0.29) is 0 Å². The average molecular weight is 194 g/mol. The molecular weight excluding hydrogens is 176 g/mol. The van der Waals surface area contributed by atoms with Crippen molar-refractivity contribution in [3.05, 3.63) is 35.4 Å². The molecule has 0 bridgehead atoms. The van der Waals surface area contributed by atoms with Gasteiger partial charge < -0.3 is 10.2 Å². The number of aliphatic hydroxyl groups excluding tert-OH is 2. The highest BCUT2D eigenvalue weighted by molar-refractivity contribution is 5.23. The van der Waals surface area contributed by atoms with E-state index in [1.165, 1.54) is 0 Å². The zero-order valence-electron chi connectivity index (χ0n) is 8.77. The number of hydrogen-bond acceptors (Lipinski definition) is 2. The molecule has 1 aromatic carbocycles. The fourth-order valence-corrected chi connectivity index (χ4v) is 1.44. The van der Waals surface area contributed by atoms with Crippen molar-refractivity contribution in [2.24, 2.45) is 0 Å². The van der Waals surface area contributed by atoms with Gasteiger partial charge in [-0.15, -0.1) is 0 Å². The van der Waals surface area contributed by atoms with Gasteiger partial charge in [0, 0.05) is 0 Å². The van der Waals surface area contributed by atoms with Crippen molar-refractivity contribution in [3.8, 4) is 0 Å². The summed E-state index contributed by atoms with van der Waals surface area (Å²) >= 11 is 0. The largest absolute Gasteiger partial charge is 0.390 e. The van der Waals surface area contributed by atoms with Gasteiger partial charge in [0.2, 0.25) is 0 Å². The van der Waals surface area contributed by atoms with Gasteiger partial charge in [0.25, 0.3) is 0 Å². The number of aliphatic hydroxyl groups is 2. The van der Waals surface area contributed by atoms with Crippen LogP contribution in [0.4, 0.5) is 0 Å². The maximum Gasteiger partial charge on any atom is 0.105 e. The topological polar surface area (TPSA) is 40.5 Å². The standard InChI is InChI=1S/C12H18O2/c1-3-4-11(13)12(14)10-7-5-9(2)6-8-10/h5-8,11-14H,3-4H2,1-2H3. The molecule has 2 atom stereocenters. The van der Waals surface area contributed by atoms with Gasteiger partial charge in [-0.05, 0) is 18.9 Å². The van der Waals surface area contributed by atoms with E-state index in [1.54, 1.807) is 0 Å². The lowest BCUT2D eigenvalue weighted by Gasteiger charge is -2.17. The minimum Gasteiger partial charge on any atom is -0.390 e. The van der Waals surface area contributed by atoms with Gasteiger partial charge in [0.1, 0.15) is 6.10 Å². The van der Waals surface area contributed by atoms with Crippen LogP contribution in [-0.2, 0) is 0 Å². The summed E-state index contributed by atoms with van der Waals surface area (Å²) in [6.45, 7) is 3.99. The zero-order valence-corrected chi connectivity index (χ0v) is 8.77. The van der Waals surface area contributed by atoms with Crippen molar-refractivity contribution in [1.82, 2.24) is 0 Å². The van der Waals surface area contributed by atoms with Crippen LogP contribution < -0.4 is 0 Å². The van der Waals surface area contributed by atoms with E-state index in [4.69, 9.17) is 0 Å². The summed E-state index contributed by atoms with van der Waals surface area (Å²) in [4.78, 5) is 0. The SMILES string of the molecule is CCCC(O)C(O)c1ccc(C)cc1. The van der Waals surface area contributed by atoms with Crippen LogP contribution in [0.2, 0.25) is 0 Å². The Balaban J connectivity index is 2.68. The van der Waals surface area contributed by atoms with E-state index in [2.05, 4.69) is 0 Å². The van der Waals surface area contributed by atoms with Gasteiger partial charge in [0.15, 0.2) is 0 Å². The molecule has 0 aliphatic rings. The van der Waals surface area contributed by atoms with E-state index in [0.29, 0.717) is 6.42 Å². The number of rotatable bonds is 4. The first-order valence-corrected chi connectivity index (χ1v) is 5.08. The normalized spacial score (nSPS) is 15.1. The van der Waals surface area contributed by atoms with Crippen LogP contribution in [0.3, 0.4) is 0 Å². The Morgan fingerprint density at radius 2 is 1.71 bits per heavy atom. The molecule has 2 unspecified atom stereocenters. The molecule has 2 heteroatoms. The zero-order chi connectivity index (χ0) is 10.6. The lowest BCUT2D eigenvalue weighted by molar-refractivity contribution is 0.0131. The third kappa shape index (κ3) is 2.82. The van der Waals surface area contributed by atoms with Crippen molar-refractivity contribution in [1.29, 1.82) is 0 Å². The number of hydrogen-bond donors (Lipinski definition) is 2. The van der Waals surface area contributed by atoms with Gasteiger partial charge in [-0.3, -0.25) is 0 Å². The smallest absolute Gasteiger partial charge is 0.105 e. The molecule has 2 N–H and O–H groups in total. The molecule has 0 aliphatic carbocycles. The third-order valence-electron chi connectivity index (χ3n) is 2.37. The Bertz CT molecular complexity index is 266. The first kappa shape index (κ1) is 11.2. The molecule has 0 spiro atoms. The van der Waals surface area contributed by atoms with E-state index in [0.717, 1.165) is 17.5 Å².